The molecule has 0 unspecified atom stereocenters. The zero-order valence-electron chi connectivity index (χ0n) is 14.1. The third-order valence-electron chi connectivity index (χ3n) is 5.37. The maximum Gasteiger partial charge on any atom is 0.117 e. The van der Waals surface area contributed by atoms with Gasteiger partial charge >= 0.3 is 0 Å². The van der Waals surface area contributed by atoms with E-state index < -0.39 is 0 Å². The zero-order valence-corrected chi connectivity index (χ0v) is 14.1. The number of aromatic nitrogens is 2. The first-order valence-electron chi connectivity index (χ1n) is 8.55. The van der Waals surface area contributed by atoms with E-state index in [1.807, 2.05) is 17.9 Å². The van der Waals surface area contributed by atoms with Crippen LogP contribution in [0.25, 0.3) is 0 Å². The third kappa shape index (κ3) is 2.83. The summed E-state index contributed by atoms with van der Waals surface area (Å²) in [5.74, 6) is 3.59. The lowest BCUT2D eigenvalue weighted by atomic mass is 10.0. The van der Waals surface area contributed by atoms with Gasteiger partial charge in [-0.15, -0.1) is 0 Å². The van der Waals surface area contributed by atoms with Gasteiger partial charge in [-0.25, -0.2) is 0 Å². The molecule has 5 nitrogen and oxygen atoms in total. The largest absolute Gasteiger partial charge is 0.464 e. The first-order valence-corrected chi connectivity index (χ1v) is 8.55. The maximum atomic E-state index is 5.99. The van der Waals surface area contributed by atoms with Gasteiger partial charge in [-0.3, -0.25) is 4.68 Å². The topological polar surface area (TPSA) is 52.2 Å². The summed E-state index contributed by atoms with van der Waals surface area (Å²) < 4.78 is 13.8. The number of nitrogens with zero attached hydrogens (tertiary/aromatic N) is 2. The molecule has 2 aliphatic rings. The van der Waals surface area contributed by atoms with E-state index in [2.05, 4.69) is 36.4 Å². The molecule has 2 aromatic heterocycles. The van der Waals surface area contributed by atoms with Crippen molar-refractivity contribution in [1.82, 2.24) is 15.1 Å². The molecule has 1 N–H and O–H groups in total. The van der Waals surface area contributed by atoms with E-state index in [1.165, 1.54) is 17.7 Å². The van der Waals surface area contributed by atoms with E-state index in [-0.39, 0.29) is 6.10 Å². The van der Waals surface area contributed by atoms with E-state index in [9.17, 15) is 0 Å². The fourth-order valence-corrected chi connectivity index (χ4v) is 3.54. The predicted octanol–water partition coefficient (Wildman–Crippen LogP) is 3.06. The van der Waals surface area contributed by atoms with Crippen LogP contribution in [0.1, 0.15) is 54.6 Å². The average molecular weight is 315 g/mol. The van der Waals surface area contributed by atoms with Gasteiger partial charge in [0, 0.05) is 36.9 Å². The second kappa shape index (κ2) is 5.80. The van der Waals surface area contributed by atoms with Crippen LogP contribution in [0.15, 0.2) is 22.7 Å². The number of hydrogen-bond donors (Lipinski definition) is 1. The maximum absolute atomic E-state index is 5.99. The van der Waals surface area contributed by atoms with Gasteiger partial charge < -0.3 is 14.5 Å². The summed E-state index contributed by atoms with van der Waals surface area (Å²) in [4.78, 5) is 0. The summed E-state index contributed by atoms with van der Waals surface area (Å²) in [5.41, 5.74) is 2.36. The quantitative estimate of drug-likeness (QED) is 0.921. The fourth-order valence-electron chi connectivity index (χ4n) is 3.54. The Bertz CT molecular complexity index is 690. The zero-order chi connectivity index (χ0) is 16.0. The van der Waals surface area contributed by atoms with Crippen molar-refractivity contribution >= 4 is 0 Å². The minimum absolute atomic E-state index is 0.0848. The summed E-state index contributed by atoms with van der Waals surface area (Å²) in [5, 5.41) is 7.95. The van der Waals surface area contributed by atoms with Gasteiger partial charge in [-0.2, -0.15) is 5.10 Å². The number of ether oxygens (including phenoxy) is 1. The first kappa shape index (κ1) is 15.0. The lowest BCUT2D eigenvalue weighted by molar-refractivity contribution is 0.0975. The van der Waals surface area contributed by atoms with Gasteiger partial charge in [0.15, 0.2) is 0 Å². The van der Waals surface area contributed by atoms with Crippen molar-refractivity contribution in [2.75, 3.05) is 6.61 Å². The van der Waals surface area contributed by atoms with Crippen molar-refractivity contribution < 1.29 is 9.15 Å². The lowest BCUT2D eigenvalue weighted by Crippen LogP contribution is -2.31. The van der Waals surface area contributed by atoms with Gasteiger partial charge in [-0.1, -0.05) is 6.92 Å². The minimum atomic E-state index is 0.0848. The van der Waals surface area contributed by atoms with Gasteiger partial charge in [0.25, 0.3) is 0 Å². The highest BCUT2D eigenvalue weighted by atomic mass is 16.5. The Hall–Kier alpha value is -1.59. The molecule has 2 aromatic rings. The van der Waals surface area contributed by atoms with Crippen LogP contribution in [0.3, 0.4) is 0 Å². The van der Waals surface area contributed by atoms with Crippen LogP contribution in [-0.2, 0) is 18.3 Å². The molecule has 1 aliphatic carbocycles. The van der Waals surface area contributed by atoms with E-state index >= 15 is 0 Å². The molecule has 0 radical (unpaired) electrons. The van der Waals surface area contributed by atoms with E-state index in [1.54, 1.807) is 0 Å². The van der Waals surface area contributed by atoms with Crippen molar-refractivity contribution in [3.8, 4) is 0 Å². The van der Waals surface area contributed by atoms with Crippen LogP contribution in [0.2, 0.25) is 0 Å². The summed E-state index contributed by atoms with van der Waals surface area (Å²) >= 11 is 0. The van der Waals surface area contributed by atoms with Gasteiger partial charge in [0.2, 0.25) is 0 Å². The monoisotopic (exact) mass is 315 g/mol. The van der Waals surface area contributed by atoms with Gasteiger partial charge in [-0.05, 0) is 37.8 Å². The molecule has 5 heteroatoms. The fraction of sp³-hybridized carbons (Fsp3) is 0.611. The van der Waals surface area contributed by atoms with Crippen LogP contribution in [0.4, 0.5) is 0 Å². The standard InChI is InChI=1S/C18H25N3O2/c1-11-8-14(11)17-5-4-13(23-17)9-19-16-6-7-22-18(16)15-10-20-21(3)12(15)2/h4-5,10-11,14,16,18-19H,6-9H2,1-3H3/t11-,14+,16-,18+/m0/s1. The predicted molar refractivity (Wildman–Crippen MR) is 87.1 cm³/mol. The SMILES string of the molecule is Cc1c([C@H]2OCC[C@@H]2NCc2ccc([C@@H]3C[C@@H]3C)o2)cnn1C. The molecule has 0 spiro atoms. The van der Waals surface area contributed by atoms with Gasteiger partial charge in [0.1, 0.15) is 17.6 Å². The first-order chi connectivity index (χ1) is 11.1. The highest BCUT2D eigenvalue weighted by molar-refractivity contribution is 5.22. The summed E-state index contributed by atoms with van der Waals surface area (Å²) in [6, 6.07) is 4.55. The van der Waals surface area contributed by atoms with Crippen LogP contribution in [0.5, 0.6) is 0 Å². The molecule has 4 rings (SSSR count). The number of nitrogens with one attached hydrogen (secondary N) is 1. The van der Waals surface area contributed by atoms with E-state index in [0.29, 0.717) is 12.0 Å². The number of furan rings is 1. The molecule has 1 aliphatic heterocycles. The Labute approximate surface area is 137 Å². The van der Waals surface area contributed by atoms with Crippen molar-refractivity contribution in [3.63, 3.8) is 0 Å². The molecular formula is C18H25N3O2. The molecule has 124 valence electrons. The molecule has 4 atom stereocenters. The van der Waals surface area contributed by atoms with Crippen LogP contribution in [0, 0.1) is 12.8 Å². The van der Waals surface area contributed by atoms with Crippen molar-refractivity contribution in [1.29, 1.82) is 0 Å². The third-order valence-corrected chi connectivity index (χ3v) is 5.37. The van der Waals surface area contributed by atoms with Crippen molar-refractivity contribution in [2.24, 2.45) is 13.0 Å². The highest BCUT2D eigenvalue weighted by Gasteiger charge is 2.37. The molecule has 2 fully saturated rings. The number of aryl methyl sites for hydroxylation is 1. The summed E-state index contributed by atoms with van der Waals surface area (Å²) in [7, 11) is 1.97. The summed E-state index contributed by atoms with van der Waals surface area (Å²) in [6.07, 6.45) is 4.30. The highest BCUT2D eigenvalue weighted by Crippen LogP contribution is 2.47. The van der Waals surface area contributed by atoms with E-state index in [0.717, 1.165) is 37.0 Å². The Balaban J connectivity index is 1.40. The van der Waals surface area contributed by atoms with Crippen LogP contribution in [-0.4, -0.2) is 22.4 Å². The molecule has 1 saturated carbocycles. The molecule has 0 amide bonds. The van der Waals surface area contributed by atoms with E-state index in [4.69, 9.17) is 9.15 Å². The van der Waals surface area contributed by atoms with Gasteiger partial charge in [0.05, 0.1) is 12.7 Å². The number of rotatable bonds is 5. The second-order valence-corrected chi connectivity index (χ2v) is 7.00. The van der Waals surface area contributed by atoms with Crippen molar-refractivity contribution in [3.05, 3.63) is 41.1 Å². The molecule has 3 heterocycles. The Kier molecular flexibility index (Phi) is 3.77. The molecule has 1 saturated heterocycles. The Morgan fingerprint density at radius 2 is 2.22 bits per heavy atom. The van der Waals surface area contributed by atoms with Crippen LogP contribution >= 0.6 is 0 Å². The van der Waals surface area contributed by atoms with Crippen molar-refractivity contribution in [2.45, 2.75) is 51.3 Å². The Morgan fingerprint density at radius 1 is 1.39 bits per heavy atom. The smallest absolute Gasteiger partial charge is 0.117 e. The molecular weight excluding hydrogens is 290 g/mol. The Morgan fingerprint density at radius 3 is 2.91 bits per heavy atom. The average Bonchev–Trinajstić information content (AvgIpc) is 2.93. The second-order valence-electron chi connectivity index (χ2n) is 7.00. The minimum Gasteiger partial charge on any atom is -0.464 e. The summed E-state index contributed by atoms with van der Waals surface area (Å²) in [6.45, 7) is 5.92. The lowest BCUT2D eigenvalue weighted by Gasteiger charge is -2.19. The molecule has 0 bridgehead atoms. The number of hydrogen-bond acceptors (Lipinski definition) is 4. The normalized spacial score (nSPS) is 30.0. The molecule has 0 aromatic carbocycles. The van der Waals surface area contributed by atoms with Crippen LogP contribution < -0.4 is 5.32 Å². The molecule has 23 heavy (non-hydrogen) atoms.